The third-order valence-corrected chi connectivity index (χ3v) is 4.72. The van der Waals surface area contributed by atoms with Gasteiger partial charge in [-0.25, -0.2) is 0 Å². The van der Waals surface area contributed by atoms with Crippen LogP contribution in [0.5, 0.6) is 0 Å². The number of halogens is 1. The Morgan fingerprint density at radius 2 is 2.24 bits per heavy atom. The van der Waals surface area contributed by atoms with Gasteiger partial charge in [0.25, 0.3) is 0 Å². The fourth-order valence-corrected chi connectivity index (χ4v) is 3.62. The van der Waals surface area contributed by atoms with Crippen molar-refractivity contribution in [2.24, 2.45) is 0 Å². The molecule has 0 radical (unpaired) electrons. The number of aryl methyl sites for hydroxylation is 1. The molecule has 1 aliphatic rings. The van der Waals surface area contributed by atoms with Gasteiger partial charge in [0.15, 0.2) is 0 Å². The van der Waals surface area contributed by atoms with Crippen LogP contribution < -0.4 is 0 Å². The second kappa shape index (κ2) is 6.01. The molecule has 0 spiro atoms. The molecule has 0 bridgehead atoms. The fraction of sp³-hybridized carbons (Fsp3) is 0.769. The molecule has 2 unspecified atom stereocenters. The lowest BCUT2D eigenvalue weighted by Crippen LogP contribution is -2.40. The van der Waals surface area contributed by atoms with Crippen LogP contribution in [-0.4, -0.2) is 32.6 Å². The smallest absolute Gasteiger partial charge is 0.0534 e. The summed E-state index contributed by atoms with van der Waals surface area (Å²) in [6, 6.07) is 0.675. The lowest BCUT2D eigenvalue weighted by Gasteiger charge is -2.35. The number of aromatic nitrogens is 2. The SMILES string of the molecule is CCn1cc(CN(C)C2CCCCC2Br)cn1. The van der Waals surface area contributed by atoms with Crippen molar-refractivity contribution in [3.05, 3.63) is 18.0 Å². The van der Waals surface area contributed by atoms with E-state index in [9.17, 15) is 0 Å². The van der Waals surface area contributed by atoms with Gasteiger partial charge >= 0.3 is 0 Å². The molecule has 1 aromatic heterocycles. The third kappa shape index (κ3) is 3.32. The predicted molar refractivity (Wildman–Crippen MR) is 74.3 cm³/mol. The molecule has 1 aliphatic carbocycles. The zero-order valence-corrected chi connectivity index (χ0v) is 12.4. The molecule has 0 aliphatic heterocycles. The third-order valence-electron chi connectivity index (χ3n) is 3.66. The molecular formula is C13H22BrN3. The Morgan fingerprint density at radius 1 is 1.47 bits per heavy atom. The molecule has 1 aromatic rings. The van der Waals surface area contributed by atoms with Crippen LogP contribution >= 0.6 is 15.9 Å². The first-order chi connectivity index (χ1) is 8.20. The van der Waals surface area contributed by atoms with Crippen LogP contribution in [0.4, 0.5) is 0 Å². The normalized spacial score (nSPS) is 25.4. The Morgan fingerprint density at radius 3 is 2.88 bits per heavy atom. The Kier molecular flexibility index (Phi) is 4.62. The Hall–Kier alpha value is -0.350. The first-order valence-corrected chi connectivity index (χ1v) is 7.48. The Balaban J connectivity index is 1.93. The van der Waals surface area contributed by atoms with Crippen molar-refractivity contribution in [3.8, 4) is 0 Å². The van der Waals surface area contributed by atoms with E-state index >= 15 is 0 Å². The quantitative estimate of drug-likeness (QED) is 0.797. The average molecular weight is 300 g/mol. The monoisotopic (exact) mass is 299 g/mol. The molecule has 1 fully saturated rings. The highest BCUT2D eigenvalue weighted by Crippen LogP contribution is 2.28. The topological polar surface area (TPSA) is 21.1 Å². The summed E-state index contributed by atoms with van der Waals surface area (Å²) < 4.78 is 2.00. The molecule has 2 atom stereocenters. The van der Waals surface area contributed by atoms with E-state index < -0.39 is 0 Å². The lowest BCUT2D eigenvalue weighted by atomic mass is 9.94. The molecule has 3 nitrogen and oxygen atoms in total. The van der Waals surface area contributed by atoms with Gasteiger partial charge in [-0.1, -0.05) is 28.8 Å². The number of alkyl halides is 1. The van der Waals surface area contributed by atoms with Gasteiger partial charge in [0.2, 0.25) is 0 Å². The molecule has 1 heterocycles. The number of hydrogen-bond acceptors (Lipinski definition) is 2. The van der Waals surface area contributed by atoms with Gasteiger partial charge in [0, 0.05) is 35.7 Å². The van der Waals surface area contributed by atoms with Crippen LogP contribution in [0.3, 0.4) is 0 Å². The van der Waals surface area contributed by atoms with Gasteiger partial charge < -0.3 is 0 Å². The van der Waals surface area contributed by atoms with Crippen molar-refractivity contribution in [1.82, 2.24) is 14.7 Å². The second-order valence-corrected chi connectivity index (χ2v) is 6.16. The van der Waals surface area contributed by atoms with E-state index in [0.717, 1.165) is 13.1 Å². The highest BCUT2D eigenvalue weighted by Gasteiger charge is 2.26. The molecule has 0 aromatic carbocycles. The van der Waals surface area contributed by atoms with E-state index in [1.165, 1.54) is 31.2 Å². The van der Waals surface area contributed by atoms with Gasteiger partial charge in [-0.3, -0.25) is 9.58 Å². The zero-order chi connectivity index (χ0) is 12.3. The number of rotatable bonds is 4. The van der Waals surface area contributed by atoms with Crippen molar-refractivity contribution in [2.75, 3.05) is 7.05 Å². The first kappa shape index (κ1) is 13.1. The second-order valence-electron chi connectivity index (χ2n) is 4.99. The summed E-state index contributed by atoms with van der Waals surface area (Å²) >= 11 is 3.83. The van der Waals surface area contributed by atoms with Crippen LogP contribution in [0, 0.1) is 0 Å². The Bertz CT molecular complexity index is 350. The minimum atomic E-state index is 0.655. The Labute approximate surface area is 112 Å². The predicted octanol–water partition coefficient (Wildman–Crippen LogP) is 3.04. The highest BCUT2D eigenvalue weighted by atomic mass is 79.9. The van der Waals surface area contributed by atoms with Gasteiger partial charge in [0.05, 0.1) is 6.20 Å². The van der Waals surface area contributed by atoms with E-state index in [0.29, 0.717) is 10.9 Å². The van der Waals surface area contributed by atoms with Crippen molar-refractivity contribution in [3.63, 3.8) is 0 Å². The first-order valence-electron chi connectivity index (χ1n) is 6.56. The summed E-state index contributed by atoms with van der Waals surface area (Å²) in [5.41, 5.74) is 1.32. The summed E-state index contributed by atoms with van der Waals surface area (Å²) in [6.45, 7) is 4.08. The van der Waals surface area contributed by atoms with Gasteiger partial charge in [0.1, 0.15) is 0 Å². The summed E-state index contributed by atoms with van der Waals surface area (Å²) in [5, 5.41) is 4.33. The van der Waals surface area contributed by atoms with Crippen molar-refractivity contribution >= 4 is 15.9 Å². The number of hydrogen-bond donors (Lipinski definition) is 0. The molecule has 0 saturated heterocycles. The summed E-state index contributed by atoms with van der Waals surface area (Å²) in [4.78, 5) is 3.12. The van der Waals surface area contributed by atoms with E-state index in [1.807, 2.05) is 10.9 Å². The summed E-state index contributed by atoms with van der Waals surface area (Å²) in [6.07, 6.45) is 9.51. The van der Waals surface area contributed by atoms with Gasteiger partial charge in [-0.2, -0.15) is 5.10 Å². The van der Waals surface area contributed by atoms with Crippen molar-refractivity contribution < 1.29 is 0 Å². The van der Waals surface area contributed by atoms with Crippen molar-refractivity contribution in [1.29, 1.82) is 0 Å². The zero-order valence-electron chi connectivity index (χ0n) is 10.8. The maximum Gasteiger partial charge on any atom is 0.0534 e. The van der Waals surface area contributed by atoms with E-state index in [4.69, 9.17) is 0 Å². The van der Waals surface area contributed by atoms with Gasteiger partial charge in [-0.05, 0) is 26.8 Å². The molecule has 4 heteroatoms. The molecule has 17 heavy (non-hydrogen) atoms. The fourth-order valence-electron chi connectivity index (χ4n) is 2.63. The maximum atomic E-state index is 4.33. The molecular weight excluding hydrogens is 278 g/mol. The van der Waals surface area contributed by atoms with Crippen LogP contribution in [0.2, 0.25) is 0 Å². The number of nitrogens with zero attached hydrogens (tertiary/aromatic N) is 3. The highest BCUT2D eigenvalue weighted by molar-refractivity contribution is 9.09. The lowest BCUT2D eigenvalue weighted by molar-refractivity contribution is 0.193. The molecule has 0 amide bonds. The van der Waals surface area contributed by atoms with E-state index in [2.05, 4.69) is 46.1 Å². The molecule has 1 saturated carbocycles. The minimum Gasteiger partial charge on any atom is -0.298 e. The summed E-state index contributed by atoms with van der Waals surface area (Å²) in [7, 11) is 2.23. The standard InChI is InChI=1S/C13H22BrN3/c1-3-17-10-11(8-15-17)9-16(2)13-7-5-4-6-12(13)14/h8,10,12-13H,3-7,9H2,1-2H3. The van der Waals surface area contributed by atoms with Crippen LogP contribution in [0.1, 0.15) is 38.2 Å². The maximum absolute atomic E-state index is 4.33. The van der Waals surface area contributed by atoms with Crippen LogP contribution in [-0.2, 0) is 13.1 Å². The summed E-state index contributed by atoms with van der Waals surface area (Å²) in [5.74, 6) is 0. The molecule has 0 N–H and O–H groups in total. The van der Waals surface area contributed by atoms with Gasteiger partial charge in [-0.15, -0.1) is 0 Å². The minimum absolute atomic E-state index is 0.655. The van der Waals surface area contributed by atoms with Crippen LogP contribution in [0.15, 0.2) is 12.4 Å². The largest absolute Gasteiger partial charge is 0.298 e. The molecule has 2 rings (SSSR count). The average Bonchev–Trinajstić information content (AvgIpc) is 2.77. The van der Waals surface area contributed by atoms with Crippen LogP contribution in [0.25, 0.3) is 0 Å². The molecule has 96 valence electrons. The van der Waals surface area contributed by atoms with E-state index in [-0.39, 0.29) is 0 Å². The van der Waals surface area contributed by atoms with Crippen molar-refractivity contribution in [2.45, 2.75) is 56.6 Å². The van der Waals surface area contributed by atoms with E-state index in [1.54, 1.807) is 0 Å².